The van der Waals surface area contributed by atoms with Crippen molar-refractivity contribution in [1.82, 2.24) is 10.2 Å². The van der Waals surface area contributed by atoms with Gasteiger partial charge in [-0.3, -0.25) is 4.90 Å². The van der Waals surface area contributed by atoms with Gasteiger partial charge in [0.25, 0.3) is 0 Å². The van der Waals surface area contributed by atoms with Crippen molar-refractivity contribution >= 4 is 0 Å². The molecule has 3 rings (SSSR count). The molecule has 1 heterocycles. The van der Waals surface area contributed by atoms with Crippen LogP contribution < -0.4 is 5.32 Å². The molecule has 0 radical (unpaired) electrons. The summed E-state index contributed by atoms with van der Waals surface area (Å²) in [5, 5.41) is 3.28. The molecule has 0 aromatic heterocycles. The van der Waals surface area contributed by atoms with Crippen LogP contribution in [0.15, 0.2) is 18.2 Å². The summed E-state index contributed by atoms with van der Waals surface area (Å²) in [7, 11) is 2.04. The number of likely N-dealkylation sites (tertiary alicyclic amines) is 1. The second-order valence-corrected chi connectivity index (χ2v) is 5.93. The minimum absolute atomic E-state index is 0.0906. The molecule has 1 aliphatic carbocycles. The van der Waals surface area contributed by atoms with E-state index >= 15 is 0 Å². The van der Waals surface area contributed by atoms with Gasteiger partial charge in [-0.1, -0.05) is 6.07 Å². The zero-order valence-corrected chi connectivity index (χ0v) is 11.7. The first-order valence-electron chi connectivity index (χ1n) is 7.45. The molecule has 0 saturated carbocycles. The molecule has 2 nitrogen and oxygen atoms in total. The molecule has 2 aliphatic rings. The molecular weight excluding hydrogens is 239 g/mol. The highest BCUT2D eigenvalue weighted by molar-refractivity contribution is 5.35. The summed E-state index contributed by atoms with van der Waals surface area (Å²) in [5.74, 6) is 0.738. The van der Waals surface area contributed by atoms with Gasteiger partial charge in [-0.25, -0.2) is 4.39 Å². The van der Waals surface area contributed by atoms with Crippen LogP contribution in [-0.2, 0) is 6.42 Å². The van der Waals surface area contributed by atoms with Gasteiger partial charge in [0.05, 0.1) is 0 Å². The van der Waals surface area contributed by atoms with Crippen molar-refractivity contribution in [3.8, 4) is 0 Å². The van der Waals surface area contributed by atoms with Crippen molar-refractivity contribution in [2.75, 3.05) is 26.7 Å². The zero-order valence-electron chi connectivity index (χ0n) is 11.7. The number of nitrogens with one attached hydrogen (secondary N) is 1. The van der Waals surface area contributed by atoms with E-state index in [4.69, 9.17) is 0 Å². The van der Waals surface area contributed by atoms with Gasteiger partial charge in [-0.05, 0) is 81.5 Å². The van der Waals surface area contributed by atoms with Crippen LogP contribution in [-0.4, -0.2) is 31.6 Å². The van der Waals surface area contributed by atoms with Crippen molar-refractivity contribution in [3.05, 3.63) is 35.1 Å². The molecule has 19 heavy (non-hydrogen) atoms. The Kier molecular flexibility index (Phi) is 3.85. The predicted octanol–water partition coefficient (Wildman–Crippen LogP) is 2.74. The van der Waals surface area contributed by atoms with Crippen LogP contribution in [0.5, 0.6) is 0 Å². The molecule has 0 bridgehead atoms. The third-order valence-corrected chi connectivity index (χ3v) is 4.73. The van der Waals surface area contributed by atoms with E-state index in [2.05, 4.69) is 10.2 Å². The number of halogens is 1. The van der Waals surface area contributed by atoms with Crippen LogP contribution in [0.4, 0.5) is 4.39 Å². The van der Waals surface area contributed by atoms with Crippen molar-refractivity contribution < 1.29 is 4.39 Å². The third-order valence-electron chi connectivity index (χ3n) is 4.73. The van der Waals surface area contributed by atoms with Crippen LogP contribution in [0.3, 0.4) is 0 Å². The second kappa shape index (κ2) is 5.59. The van der Waals surface area contributed by atoms with Crippen LogP contribution >= 0.6 is 0 Å². The van der Waals surface area contributed by atoms with Gasteiger partial charge in [0.2, 0.25) is 0 Å². The molecular formula is C16H23FN2. The third kappa shape index (κ3) is 2.67. The predicted molar refractivity (Wildman–Crippen MR) is 75.7 cm³/mol. The lowest BCUT2D eigenvalue weighted by Crippen LogP contribution is -2.38. The van der Waals surface area contributed by atoms with E-state index in [0.29, 0.717) is 6.04 Å². The molecule has 0 amide bonds. The summed E-state index contributed by atoms with van der Waals surface area (Å²) >= 11 is 0. The Balaban J connectivity index is 1.66. The summed E-state index contributed by atoms with van der Waals surface area (Å²) in [4.78, 5) is 2.61. The fourth-order valence-corrected chi connectivity index (χ4v) is 3.70. The summed E-state index contributed by atoms with van der Waals surface area (Å²) in [5.41, 5.74) is 2.59. The minimum atomic E-state index is -0.0906. The Hall–Kier alpha value is -0.930. The maximum Gasteiger partial charge on any atom is 0.123 e. The largest absolute Gasteiger partial charge is 0.319 e. The Morgan fingerprint density at radius 3 is 2.79 bits per heavy atom. The van der Waals surface area contributed by atoms with Crippen molar-refractivity contribution in [2.45, 2.75) is 31.7 Å². The van der Waals surface area contributed by atoms with E-state index in [1.807, 2.05) is 13.1 Å². The number of nitrogens with zero attached hydrogens (tertiary/aromatic N) is 1. The van der Waals surface area contributed by atoms with Crippen molar-refractivity contribution in [1.29, 1.82) is 0 Å². The second-order valence-electron chi connectivity index (χ2n) is 5.93. The lowest BCUT2D eigenvalue weighted by molar-refractivity contribution is 0.132. The average Bonchev–Trinajstić information content (AvgIpc) is 2.83. The first-order valence-corrected chi connectivity index (χ1v) is 7.45. The lowest BCUT2D eigenvalue weighted by Gasteiger charge is -2.36. The number of piperidine rings is 1. The molecule has 1 unspecified atom stereocenters. The van der Waals surface area contributed by atoms with E-state index < -0.39 is 0 Å². The highest BCUT2D eigenvalue weighted by Gasteiger charge is 2.30. The van der Waals surface area contributed by atoms with Crippen molar-refractivity contribution in [2.24, 2.45) is 5.92 Å². The molecule has 1 aromatic carbocycles. The minimum Gasteiger partial charge on any atom is -0.319 e. The van der Waals surface area contributed by atoms with Gasteiger partial charge in [0.1, 0.15) is 5.82 Å². The van der Waals surface area contributed by atoms with Gasteiger partial charge in [-0.2, -0.15) is 0 Å². The smallest absolute Gasteiger partial charge is 0.123 e. The first-order chi connectivity index (χ1) is 9.28. The zero-order chi connectivity index (χ0) is 13.2. The molecule has 1 fully saturated rings. The Bertz CT molecular complexity index is 438. The van der Waals surface area contributed by atoms with Gasteiger partial charge in [0.15, 0.2) is 0 Å². The van der Waals surface area contributed by atoms with Gasteiger partial charge < -0.3 is 5.32 Å². The average molecular weight is 262 g/mol. The fourth-order valence-electron chi connectivity index (χ4n) is 3.70. The SMILES string of the molecule is CNCC1CCN(C2CCc3cc(F)ccc32)CC1. The summed E-state index contributed by atoms with van der Waals surface area (Å²) in [6.07, 6.45) is 4.77. The first kappa shape index (κ1) is 13.1. The van der Waals surface area contributed by atoms with E-state index in [1.165, 1.54) is 37.1 Å². The normalized spacial score (nSPS) is 24.6. The van der Waals surface area contributed by atoms with E-state index in [9.17, 15) is 4.39 Å². The maximum atomic E-state index is 13.2. The monoisotopic (exact) mass is 262 g/mol. The number of fused-ring (bicyclic) bond motifs is 1. The maximum absolute atomic E-state index is 13.2. The number of hydrogen-bond acceptors (Lipinski definition) is 2. The molecule has 1 atom stereocenters. The van der Waals surface area contributed by atoms with Gasteiger partial charge in [-0.15, -0.1) is 0 Å². The number of hydrogen-bond donors (Lipinski definition) is 1. The van der Waals surface area contributed by atoms with E-state index in [0.717, 1.165) is 25.3 Å². The highest BCUT2D eigenvalue weighted by Crippen LogP contribution is 2.37. The van der Waals surface area contributed by atoms with Crippen LogP contribution in [0.1, 0.15) is 36.4 Å². The Labute approximate surface area is 115 Å². The number of aryl methyl sites for hydroxylation is 1. The van der Waals surface area contributed by atoms with Crippen LogP contribution in [0.25, 0.3) is 0 Å². The Morgan fingerprint density at radius 1 is 1.26 bits per heavy atom. The van der Waals surface area contributed by atoms with Crippen molar-refractivity contribution in [3.63, 3.8) is 0 Å². The highest BCUT2D eigenvalue weighted by atomic mass is 19.1. The molecule has 0 spiro atoms. The lowest BCUT2D eigenvalue weighted by atomic mass is 9.94. The Morgan fingerprint density at radius 2 is 2.05 bits per heavy atom. The molecule has 1 saturated heterocycles. The molecule has 1 N–H and O–H groups in total. The summed E-state index contributed by atoms with van der Waals surface area (Å²) in [6.45, 7) is 3.52. The molecule has 104 valence electrons. The van der Waals surface area contributed by atoms with Crippen LogP contribution in [0, 0.1) is 11.7 Å². The number of rotatable bonds is 3. The van der Waals surface area contributed by atoms with Crippen LogP contribution in [0.2, 0.25) is 0 Å². The molecule has 1 aliphatic heterocycles. The topological polar surface area (TPSA) is 15.3 Å². The molecule has 3 heteroatoms. The van der Waals surface area contributed by atoms with Gasteiger partial charge >= 0.3 is 0 Å². The standard InChI is InChI=1S/C16H23FN2/c1-18-11-12-6-8-19(9-7-12)16-5-2-13-10-14(17)3-4-15(13)16/h3-4,10,12,16,18H,2,5-9,11H2,1H3. The van der Waals surface area contributed by atoms with E-state index in [-0.39, 0.29) is 5.82 Å². The van der Waals surface area contributed by atoms with Gasteiger partial charge in [0, 0.05) is 6.04 Å². The summed E-state index contributed by atoms with van der Waals surface area (Å²) < 4.78 is 13.2. The molecule has 1 aromatic rings. The quantitative estimate of drug-likeness (QED) is 0.901. The van der Waals surface area contributed by atoms with E-state index in [1.54, 1.807) is 12.1 Å². The fraction of sp³-hybridized carbons (Fsp3) is 0.625. The summed E-state index contributed by atoms with van der Waals surface area (Å²) in [6, 6.07) is 5.88. The number of benzene rings is 1.